The third-order valence-electron chi connectivity index (χ3n) is 7.78. The Morgan fingerprint density at radius 1 is 0.763 bits per heavy atom. The molecule has 38 heavy (non-hydrogen) atoms. The molecular formula is C33H56O3Si2. The zero-order chi connectivity index (χ0) is 28.1. The van der Waals surface area contributed by atoms with Gasteiger partial charge in [-0.2, -0.15) is 0 Å². The maximum absolute atomic E-state index is 8.98. The molecule has 5 heteroatoms. The van der Waals surface area contributed by atoms with E-state index in [0.717, 1.165) is 54.6 Å². The smallest absolute Gasteiger partial charge is 0.157 e. The molecule has 214 valence electrons. The van der Waals surface area contributed by atoms with Crippen LogP contribution in [0.15, 0.2) is 48.5 Å². The SMILES string of the molecule is CC(C)[SiH](c1cccc(CCO)c1)C(C)C.CC(C)[SiH](c1cccc(CCOC2CCCCO2)c1)C(C)C. The molecule has 0 saturated carbocycles. The number of aliphatic hydroxyl groups is 1. The van der Waals surface area contributed by atoms with Crippen LogP contribution in [-0.4, -0.2) is 48.8 Å². The molecule has 1 fully saturated rings. The molecule has 0 spiro atoms. The minimum absolute atomic E-state index is 0.0328. The van der Waals surface area contributed by atoms with E-state index in [1.54, 1.807) is 10.4 Å². The lowest BCUT2D eigenvalue weighted by atomic mass is 10.1. The summed E-state index contributed by atoms with van der Waals surface area (Å²) in [6.45, 7) is 20.8. The maximum atomic E-state index is 8.98. The number of hydrogen-bond donors (Lipinski definition) is 1. The second-order valence-corrected chi connectivity index (χ2v) is 21.2. The molecule has 2 aromatic carbocycles. The van der Waals surface area contributed by atoms with Crippen LogP contribution in [0, 0.1) is 0 Å². The molecule has 1 unspecified atom stereocenters. The third-order valence-corrected chi connectivity index (χ3v) is 15.8. The molecule has 1 heterocycles. The van der Waals surface area contributed by atoms with E-state index in [4.69, 9.17) is 14.6 Å². The lowest BCUT2D eigenvalue weighted by molar-refractivity contribution is -0.161. The Hall–Kier alpha value is -1.25. The van der Waals surface area contributed by atoms with Crippen LogP contribution in [0.4, 0.5) is 0 Å². The second kappa shape index (κ2) is 17.4. The molecule has 1 N–H and O–H groups in total. The normalized spacial score (nSPS) is 16.1. The van der Waals surface area contributed by atoms with Gasteiger partial charge >= 0.3 is 0 Å². The highest BCUT2D eigenvalue weighted by molar-refractivity contribution is 6.76. The van der Waals surface area contributed by atoms with Gasteiger partial charge < -0.3 is 14.6 Å². The Bertz CT molecular complexity index is 891. The van der Waals surface area contributed by atoms with Gasteiger partial charge in [-0.05, 0) is 65.4 Å². The van der Waals surface area contributed by atoms with Crippen LogP contribution in [-0.2, 0) is 22.3 Å². The number of rotatable bonds is 12. The van der Waals surface area contributed by atoms with Crippen LogP contribution < -0.4 is 10.4 Å². The molecule has 0 aliphatic carbocycles. The van der Waals surface area contributed by atoms with Gasteiger partial charge in [0.15, 0.2) is 6.29 Å². The minimum Gasteiger partial charge on any atom is -0.396 e. The summed E-state index contributed by atoms with van der Waals surface area (Å²) in [6.07, 6.45) is 5.27. The van der Waals surface area contributed by atoms with Gasteiger partial charge in [-0.1, -0.05) is 114 Å². The van der Waals surface area contributed by atoms with Gasteiger partial charge in [0.1, 0.15) is 0 Å². The second-order valence-electron chi connectivity index (χ2n) is 12.4. The highest BCUT2D eigenvalue weighted by atomic mass is 28.3. The Balaban J connectivity index is 0.000000281. The Morgan fingerprint density at radius 2 is 1.26 bits per heavy atom. The van der Waals surface area contributed by atoms with Crippen LogP contribution in [0.2, 0.25) is 22.2 Å². The van der Waals surface area contributed by atoms with Crippen LogP contribution >= 0.6 is 0 Å². The van der Waals surface area contributed by atoms with Gasteiger partial charge in [-0.25, -0.2) is 0 Å². The standard InChI is InChI=1S/C19H32O2Si.C14H24OSi/c1-15(2)22(16(3)4)18-9-7-8-17(14-18)11-13-21-19-10-5-6-12-20-19;1-11(2)16(12(3)4)14-7-5-6-13(10-14)8-9-15/h7-9,14-16,19,22H,5-6,10-13H2,1-4H3;5-7,10-12,15-16H,8-9H2,1-4H3. The van der Waals surface area contributed by atoms with E-state index in [2.05, 4.69) is 104 Å². The molecular weight excluding hydrogens is 501 g/mol. The summed E-state index contributed by atoms with van der Waals surface area (Å²) < 4.78 is 11.5. The first-order valence-corrected chi connectivity index (χ1v) is 19.0. The molecule has 1 atom stereocenters. The molecule has 0 aromatic heterocycles. The van der Waals surface area contributed by atoms with Crippen LogP contribution in [0.3, 0.4) is 0 Å². The summed E-state index contributed by atoms with van der Waals surface area (Å²) in [5, 5.41) is 12.1. The first-order valence-electron chi connectivity index (χ1n) is 15.2. The molecule has 3 rings (SSSR count). The van der Waals surface area contributed by atoms with Crippen molar-refractivity contribution in [2.75, 3.05) is 19.8 Å². The Kier molecular flexibility index (Phi) is 15.1. The van der Waals surface area contributed by atoms with Crippen molar-refractivity contribution in [3.63, 3.8) is 0 Å². The predicted octanol–water partition coefficient (Wildman–Crippen LogP) is 6.50. The molecule has 1 aliphatic rings. The minimum atomic E-state index is -0.894. The van der Waals surface area contributed by atoms with E-state index in [9.17, 15) is 0 Å². The summed E-state index contributed by atoms with van der Waals surface area (Å²) in [5.74, 6) is 0. The van der Waals surface area contributed by atoms with E-state index < -0.39 is 17.6 Å². The first kappa shape index (κ1) is 33.0. The van der Waals surface area contributed by atoms with Crippen LogP contribution in [0.25, 0.3) is 0 Å². The maximum Gasteiger partial charge on any atom is 0.157 e. The van der Waals surface area contributed by atoms with Crippen molar-refractivity contribution in [2.45, 2.75) is 116 Å². The van der Waals surface area contributed by atoms with E-state index in [1.165, 1.54) is 24.0 Å². The van der Waals surface area contributed by atoms with Crippen molar-refractivity contribution < 1.29 is 14.6 Å². The van der Waals surface area contributed by atoms with E-state index in [1.807, 2.05) is 0 Å². The van der Waals surface area contributed by atoms with Crippen molar-refractivity contribution in [1.29, 1.82) is 0 Å². The average molecular weight is 557 g/mol. The zero-order valence-electron chi connectivity index (χ0n) is 25.6. The van der Waals surface area contributed by atoms with Crippen LogP contribution in [0.1, 0.15) is 85.8 Å². The number of hydrogen-bond acceptors (Lipinski definition) is 3. The molecule has 0 bridgehead atoms. The largest absolute Gasteiger partial charge is 0.396 e. The molecule has 0 radical (unpaired) electrons. The van der Waals surface area contributed by atoms with Crippen molar-refractivity contribution >= 4 is 28.0 Å². The van der Waals surface area contributed by atoms with Crippen molar-refractivity contribution in [1.82, 2.24) is 0 Å². The van der Waals surface area contributed by atoms with E-state index >= 15 is 0 Å². The van der Waals surface area contributed by atoms with E-state index in [0.29, 0.717) is 0 Å². The van der Waals surface area contributed by atoms with Crippen molar-refractivity contribution in [3.8, 4) is 0 Å². The monoisotopic (exact) mass is 556 g/mol. The molecule has 2 aromatic rings. The Morgan fingerprint density at radius 3 is 1.68 bits per heavy atom. The van der Waals surface area contributed by atoms with Gasteiger partial charge in [0, 0.05) is 13.2 Å². The van der Waals surface area contributed by atoms with Gasteiger partial charge in [0.25, 0.3) is 0 Å². The summed E-state index contributed by atoms with van der Waals surface area (Å²) in [7, 11) is -1.77. The van der Waals surface area contributed by atoms with Crippen LogP contribution in [0.5, 0.6) is 0 Å². The fourth-order valence-electron chi connectivity index (χ4n) is 6.27. The van der Waals surface area contributed by atoms with E-state index in [-0.39, 0.29) is 12.9 Å². The molecule has 1 saturated heterocycles. The lowest BCUT2D eigenvalue weighted by Gasteiger charge is -2.24. The highest BCUT2D eigenvalue weighted by Crippen LogP contribution is 2.21. The molecule has 1 aliphatic heterocycles. The highest BCUT2D eigenvalue weighted by Gasteiger charge is 2.22. The van der Waals surface area contributed by atoms with Gasteiger partial charge in [-0.15, -0.1) is 0 Å². The zero-order valence-corrected chi connectivity index (χ0v) is 27.9. The number of aliphatic hydroxyl groups excluding tert-OH is 1. The quantitative estimate of drug-likeness (QED) is 0.303. The first-order chi connectivity index (χ1) is 18.1. The average Bonchev–Trinajstić information content (AvgIpc) is 2.85. The fourth-order valence-corrected chi connectivity index (χ4v) is 13.9. The topological polar surface area (TPSA) is 38.7 Å². The lowest BCUT2D eigenvalue weighted by Crippen LogP contribution is -2.36. The molecule has 3 nitrogen and oxygen atoms in total. The van der Waals surface area contributed by atoms with Gasteiger partial charge in [-0.3, -0.25) is 0 Å². The van der Waals surface area contributed by atoms with Crippen molar-refractivity contribution in [3.05, 3.63) is 59.7 Å². The van der Waals surface area contributed by atoms with Gasteiger partial charge in [0.05, 0.1) is 24.2 Å². The summed E-state index contributed by atoms with van der Waals surface area (Å²) in [6, 6.07) is 18.1. The number of benzene rings is 2. The van der Waals surface area contributed by atoms with Crippen molar-refractivity contribution in [2.24, 2.45) is 0 Å². The summed E-state index contributed by atoms with van der Waals surface area (Å²) in [5.41, 5.74) is 5.89. The number of ether oxygens (including phenoxy) is 2. The third kappa shape index (κ3) is 11.1. The van der Waals surface area contributed by atoms with Gasteiger partial charge in [0.2, 0.25) is 0 Å². The molecule has 0 amide bonds. The Labute approximate surface area is 237 Å². The summed E-state index contributed by atoms with van der Waals surface area (Å²) in [4.78, 5) is 0. The predicted molar refractivity (Wildman–Crippen MR) is 171 cm³/mol. The summed E-state index contributed by atoms with van der Waals surface area (Å²) >= 11 is 0. The fraction of sp³-hybridized carbons (Fsp3) is 0.636.